The molecule has 7 aromatic rings. The lowest BCUT2D eigenvalue weighted by atomic mass is 10.1. The maximum Gasteiger partial charge on any atom is 0.255 e. The number of nitrogens with one attached hydrogen (secondary N) is 3. The quantitative estimate of drug-likeness (QED) is 0.228. The van der Waals surface area contributed by atoms with E-state index in [1.165, 1.54) is 19.2 Å². The first kappa shape index (κ1) is 25.0. The predicted molar refractivity (Wildman–Crippen MR) is 156 cm³/mol. The van der Waals surface area contributed by atoms with Crippen LogP contribution in [0.2, 0.25) is 0 Å². The van der Waals surface area contributed by atoms with Crippen molar-refractivity contribution in [3.63, 3.8) is 0 Å². The summed E-state index contributed by atoms with van der Waals surface area (Å²) in [6.07, 6.45) is 8.25. The molecule has 11 heteroatoms. The van der Waals surface area contributed by atoms with Crippen LogP contribution in [0.25, 0.3) is 55.8 Å². The number of halogens is 1. The summed E-state index contributed by atoms with van der Waals surface area (Å²) >= 11 is 0. The van der Waals surface area contributed by atoms with E-state index in [4.69, 9.17) is 9.72 Å². The molecular formula is C31H21FN8O2. The van der Waals surface area contributed by atoms with Gasteiger partial charge in [0.15, 0.2) is 5.82 Å². The molecule has 10 nitrogen and oxygen atoms in total. The van der Waals surface area contributed by atoms with Gasteiger partial charge in [-0.2, -0.15) is 5.10 Å². The number of methoxy groups -OCH3 is 1. The Labute approximate surface area is 237 Å². The third kappa shape index (κ3) is 4.58. The number of carbonyl (C=O) groups excluding carboxylic acids is 1. The number of carbonyl (C=O) groups is 1. The Morgan fingerprint density at radius 2 is 1.76 bits per heavy atom. The number of H-pyrrole nitrogens is 2. The molecule has 5 heterocycles. The fourth-order valence-corrected chi connectivity index (χ4v) is 4.79. The maximum absolute atomic E-state index is 14.3. The van der Waals surface area contributed by atoms with E-state index in [-0.39, 0.29) is 5.91 Å². The van der Waals surface area contributed by atoms with Gasteiger partial charge in [-0.25, -0.2) is 9.37 Å². The second-order valence-electron chi connectivity index (χ2n) is 9.52. The largest absolute Gasteiger partial charge is 0.497 e. The lowest BCUT2D eigenvalue weighted by Gasteiger charge is -2.07. The first-order chi connectivity index (χ1) is 20.6. The number of imidazole rings is 1. The summed E-state index contributed by atoms with van der Waals surface area (Å²) < 4.78 is 19.5. The lowest BCUT2D eigenvalue weighted by molar-refractivity contribution is 0.102. The van der Waals surface area contributed by atoms with Crippen LogP contribution in [-0.2, 0) is 0 Å². The molecule has 0 bridgehead atoms. The molecule has 3 N–H and O–H groups in total. The van der Waals surface area contributed by atoms with Crippen molar-refractivity contribution >= 4 is 33.5 Å². The molecule has 0 saturated carbocycles. The van der Waals surface area contributed by atoms with Gasteiger partial charge in [0.25, 0.3) is 5.91 Å². The number of benzene rings is 2. The Balaban J connectivity index is 1.25. The molecule has 42 heavy (non-hydrogen) atoms. The Morgan fingerprint density at radius 3 is 2.62 bits per heavy atom. The number of ether oxygens (including phenoxy) is 1. The highest BCUT2D eigenvalue weighted by molar-refractivity contribution is 6.04. The van der Waals surface area contributed by atoms with E-state index in [0.717, 1.165) is 5.39 Å². The number of aromatic nitrogens is 7. The van der Waals surface area contributed by atoms with Gasteiger partial charge in [-0.05, 0) is 42.0 Å². The highest BCUT2D eigenvalue weighted by atomic mass is 19.1. The minimum absolute atomic E-state index is 0.231. The van der Waals surface area contributed by atoms with Crippen molar-refractivity contribution in [3.05, 3.63) is 103 Å². The number of anilines is 1. The standard InChI is InChI=1S/C31H21FN8O2/c1-42-22-9-18(7-20(32)10-22)24-14-34-15-27-28(24)38-30(37-27)29-23-11-25(35-16-26(23)39-40-29)19-8-21(13-33-12-19)36-31(41)17-5-3-2-4-6-17/h2-16H,1H3,(H,36,41)(H,37,38)(H,39,40). The molecule has 0 radical (unpaired) electrons. The number of fused-ring (bicyclic) bond motifs is 2. The number of hydrogen-bond acceptors (Lipinski definition) is 7. The van der Waals surface area contributed by atoms with Gasteiger partial charge < -0.3 is 15.0 Å². The van der Waals surface area contributed by atoms with Gasteiger partial charge in [0.2, 0.25) is 0 Å². The van der Waals surface area contributed by atoms with E-state index >= 15 is 0 Å². The zero-order valence-electron chi connectivity index (χ0n) is 22.1. The fourth-order valence-electron chi connectivity index (χ4n) is 4.79. The zero-order valence-corrected chi connectivity index (χ0v) is 22.1. The van der Waals surface area contributed by atoms with Crippen molar-refractivity contribution < 1.29 is 13.9 Å². The van der Waals surface area contributed by atoms with Crippen LogP contribution >= 0.6 is 0 Å². The lowest BCUT2D eigenvalue weighted by Crippen LogP contribution is -2.11. The summed E-state index contributed by atoms with van der Waals surface area (Å²) in [5.74, 6) is 0.251. The fraction of sp³-hybridized carbons (Fsp3) is 0.0323. The van der Waals surface area contributed by atoms with E-state index in [9.17, 15) is 9.18 Å². The zero-order chi connectivity index (χ0) is 28.6. The molecule has 0 fully saturated rings. The number of amides is 1. The molecule has 0 atom stereocenters. The van der Waals surface area contributed by atoms with E-state index < -0.39 is 5.82 Å². The number of hydrogen-bond donors (Lipinski definition) is 3. The third-order valence-electron chi connectivity index (χ3n) is 6.81. The van der Waals surface area contributed by atoms with Crippen LogP contribution in [0.4, 0.5) is 10.1 Å². The summed E-state index contributed by atoms with van der Waals surface area (Å²) in [6, 6.07) is 17.1. The summed E-state index contributed by atoms with van der Waals surface area (Å²) in [6.45, 7) is 0. The summed E-state index contributed by atoms with van der Waals surface area (Å²) in [5.41, 5.74) is 6.26. The number of nitrogens with zero attached hydrogens (tertiary/aromatic N) is 5. The molecular weight excluding hydrogens is 535 g/mol. The topological polar surface area (TPSA) is 134 Å². The molecule has 0 saturated heterocycles. The van der Waals surface area contributed by atoms with Crippen molar-refractivity contribution in [1.82, 2.24) is 35.1 Å². The molecule has 1 amide bonds. The Bertz CT molecular complexity index is 2110. The minimum atomic E-state index is -0.423. The monoisotopic (exact) mass is 556 g/mol. The van der Waals surface area contributed by atoms with Crippen LogP contribution in [0.3, 0.4) is 0 Å². The Hall–Kier alpha value is -5.97. The Morgan fingerprint density at radius 1 is 0.905 bits per heavy atom. The van der Waals surface area contributed by atoms with E-state index in [2.05, 4.69) is 35.5 Å². The van der Waals surface area contributed by atoms with Crippen LogP contribution in [0, 0.1) is 5.82 Å². The molecule has 0 aliphatic heterocycles. The third-order valence-corrected chi connectivity index (χ3v) is 6.81. The first-order valence-electron chi connectivity index (χ1n) is 12.9. The second kappa shape index (κ2) is 10.2. The SMILES string of the molecule is COc1cc(F)cc(-c2cncc3[nH]c(-c4n[nH]c5cnc(-c6cncc(NC(=O)c7ccccc7)c6)cc45)nc23)c1. The van der Waals surface area contributed by atoms with Crippen molar-refractivity contribution in [2.24, 2.45) is 0 Å². The maximum atomic E-state index is 14.3. The number of rotatable bonds is 6. The van der Waals surface area contributed by atoms with Crippen molar-refractivity contribution in [2.45, 2.75) is 0 Å². The summed E-state index contributed by atoms with van der Waals surface area (Å²) in [7, 11) is 1.49. The number of pyridine rings is 3. The van der Waals surface area contributed by atoms with Gasteiger partial charge >= 0.3 is 0 Å². The first-order valence-corrected chi connectivity index (χ1v) is 12.9. The van der Waals surface area contributed by atoms with Crippen LogP contribution < -0.4 is 10.1 Å². The van der Waals surface area contributed by atoms with Crippen molar-refractivity contribution in [2.75, 3.05) is 12.4 Å². The smallest absolute Gasteiger partial charge is 0.255 e. The Kier molecular flexibility index (Phi) is 6.08. The second-order valence-corrected chi connectivity index (χ2v) is 9.52. The van der Waals surface area contributed by atoms with Gasteiger partial charge in [0, 0.05) is 40.5 Å². The van der Waals surface area contributed by atoms with Crippen LogP contribution in [-0.4, -0.2) is 48.1 Å². The molecule has 7 rings (SSSR count). The molecule has 0 unspecified atom stereocenters. The molecule has 0 spiro atoms. The highest BCUT2D eigenvalue weighted by Crippen LogP contribution is 2.33. The van der Waals surface area contributed by atoms with E-state index in [0.29, 0.717) is 67.5 Å². The van der Waals surface area contributed by atoms with Gasteiger partial charge in [0.05, 0.1) is 53.6 Å². The minimum Gasteiger partial charge on any atom is -0.497 e. The van der Waals surface area contributed by atoms with Gasteiger partial charge in [-0.1, -0.05) is 18.2 Å². The van der Waals surface area contributed by atoms with E-state index in [1.807, 2.05) is 30.3 Å². The average molecular weight is 557 g/mol. The van der Waals surface area contributed by atoms with Crippen molar-refractivity contribution in [3.8, 4) is 39.7 Å². The molecule has 204 valence electrons. The van der Waals surface area contributed by atoms with Gasteiger partial charge in [-0.15, -0.1) is 0 Å². The summed E-state index contributed by atoms with van der Waals surface area (Å²) in [5, 5.41) is 11.2. The molecule has 5 aromatic heterocycles. The van der Waals surface area contributed by atoms with Crippen LogP contribution in [0.1, 0.15) is 10.4 Å². The number of aromatic amines is 2. The van der Waals surface area contributed by atoms with Crippen LogP contribution in [0.15, 0.2) is 91.6 Å². The van der Waals surface area contributed by atoms with Gasteiger partial charge in [0.1, 0.15) is 17.3 Å². The highest BCUT2D eigenvalue weighted by Gasteiger charge is 2.18. The van der Waals surface area contributed by atoms with E-state index in [1.54, 1.807) is 49.2 Å². The predicted octanol–water partition coefficient (Wildman–Crippen LogP) is 6.03. The van der Waals surface area contributed by atoms with Crippen molar-refractivity contribution in [1.29, 1.82) is 0 Å². The van der Waals surface area contributed by atoms with Crippen LogP contribution in [0.5, 0.6) is 5.75 Å². The molecule has 2 aromatic carbocycles. The molecule has 0 aliphatic carbocycles. The average Bonchev–Trinajstić information content (AvgIpc) is 3.65. The van der Waals surface area contributed by atoms with Gasteiger partial charge in [-0.3, -0.25) is 24.8 Å². The summed E-state index contributed by atoms with van der Waals surface area (Å²) in [4.78, 5) is 33.9. The molecule has 0 aliphatic rings. The normalized spacial score (nSPS) is 11.2.